The standard InChI is InChI=1S/C25H30ClN6O3P/c1-16(15-32(2)3)24(33)28-17-11-12-21(35-4)20(13-17)30-25-27-14-18(26)23(31-25)29-19-9-7-8-10-22(19)36(5,6)34/h7-14H,1,15H2,2-6H3,(H,28,33)(H2,27,29,30,31). The van der Waals surface area contributed by atoms with E-state index in [4.69, 9.17) is 16.3 Å². The fourth-order valence-corrected chi connectivity index (χ4v) is 4.66. The maximum absolute atomic E-state index is 12.7. The highest BCUT2D eigenvalue weighted by molar-refractivity contribution is 7.70. The predicted molar refractivity (Wildman–Crippen MR) is 148 cm³/mol. The van der Waals surface area contributed by atoms with Crippen molar-refractivity contribution < 1.29 is 14.1 Å². The van der Waals surface area contributed by atoms with Gasteiger partial charge in [-0.05, 0) is 57.8 Å². The second-order valence-corrected chi connectivity index (χ2v) is 12.3. The third kappa shape index (κ3) is 7.07. The van der Waals surface area contributed by atoms with Gasteiger partial charge >= 0.3 is 0 Å². The van der Waals surface area contributed by atoms with Gasteiger partial charge in [-0.2, -0.15) is 4.98 Å². The van der Waals surface area contributed by atoms with E-state index in [9.17, 15) is 9.36 Å². The Labute approximate surface area is 216 Å². The highest BCUT2D eigenvalue weighted by atomic mass is 35.5. The van der Waals surface area contributed by atoms with Crippen LogP contribution in [0.25, 0.3) is 0 Å². The smallest absolute Gasteiger partial charge is 0.252 e. The van der Waals surface area contributed by atoms with Crippen LogP contribution in [0.1, 0.15) is 0 Å². The number of carbonyl (C=O) groups is 1. The molecular weight excluding hydrogens is 499 g/mol. The third-order valence-corrected chi connectivity index (χ3v) is 6.84. The van der Waals surface area contributed by atoms with Gasteiger partial charge in [0.05, 0.1) is 24.7 Å². The Morgan fingerprint density at radius 1 is 1.14 bits per heavy atom. The van der Waals surface area contributed by atoms with Gasteiger partial charge in [-0.1, -0.05) is 30.3 Å². The molecule has 1 aromatic heterocycles. The zero-order chi connectivity index (χ0) is 26.5. The Balaban J connectivity index is 1.86. The Morgan fingerprint density at radius 2 is 1.86 bits per heavy atom. The number of ether oxygens (including phenoxy) is 1. The number of benzene rings is 2. The summed E-state index contributed by atoms with van der Waals surface area (Å²) in [7, 11) is 2.73. The van der Waals surface area contributed by atoms with E-state index in [1.165, 1.54) is 13.3 Å². The molecular formula is C25H30ClN6O3P. The van der Waals surface area contributed by atoms with E-state index in [0.717, 1.165) is 0 Å². The van der Waals surface area contributed by atoms with E-state index < -0.39 is 7.14 Å². The fourth-order valence-electron chi connectivity index (χ4n) is 3.37. The number of amides is 1. The van der Waals surface area contributed by atoms with Crippen molar-refractivity contribution >= 4 is 58.8 Å². The summed E-state index contributed by atoms with van der Waals surface area (Å²) in [5.41, 5.74) is 2.17. The number of nitrogens with one attached hydrogen (secondary N) is 3. The van der Waals surface area contributed by atoms with Gasteiger partial charge in [-0.3, -0.25) is 4.79 Å². The van der Waals surface area contributed by atoms with Gasteiger partial charge in [0.15, 0.2) is 5.82 Å². The number of likely N-dealkylation sites (N-methyl/N-ethyl adjacent to an activating group) is 1. The second-order valence-electron chi connectivity index (χ2n) is 8.72. The van der Waals surface area contributed by atoms with Crippen LogP contribution in [0.15, 0.2) is 60.8 Å². The first-order chi connectivity index (χ1) is 17.0. The minimum absolute atomic E-state index is 0.245. The highest BCUT2D eigenvalue weighted by Gasteiger charge is 2.17. The van der Waals surface area contributed by atoms with Crippen LogP contribution in [-0.2, 0) is 9.36 Å². The summed E-state index contributed by atoms with van der Waals surface area (Å²) in [4.78, 5) is 23.1. The average Bonchev–Trinajstić information content (AvgIpc) is 2.80. The number of anilines is 5. The van der Waals surface area contributed by atoms with Crippen LogP contribution in [0.2, 0.25) is 5.02 Å². The zero-order valence-corrected chi connectivity index (χ0v) is 22.6. The molecule has 0 aliphatic carbocycles. The highest BCUT2D eigenvalue weighted by Crippen LogP contribution is 2.39. The molecule has 0 aliphatic rings. The molecule has 190 valence electrons. The van der Waals surface area contributed by atoms with Crippen molar-refractivity contribution in [3.63, 3.8) is 0 Å². The van der Waals surface area contributed by atoms with Crippen LogP contribution in [-0.4, -0.2) is 61.9 Å². The van der Waals surface area contributed by atoms with Gasteiger partial charge in [-0.25, -0.2) is 4.98 Å². The number of nitrogens with zero attached hydrogens (tertiary/aromatic N) is 3. The minimum atomic E-state index is -2.54. The number of hydrogen-bond acceptors (Lipinski definition) is 8. The van der Waals surface area contributed by atoms with Crippen molar-refractivity contribution in [1.82, 2.24) is 14.9 Å². The van der Waals surface area contributed by atoms with Crippen LogP contribution in [0.5, 0.6) is 5.75 Å². The van der Waals surface area contributed by atoms with E-state index in [0.29, 0.717) is 51.1 Å². The quantitative estimate of drug-likeness (QED) is 0.251. The number of methoxy groups -OCH3 is 1. The molecule has 0 atom stereocenters. The number of rotatable bonds is 10. The first-order valence-electron chi connectivity index (χ1n) is 11.0. The van der Waals surface area contributed by atoms with E-state index in [1.807, 2.05) is 43.3 Å². The van der Waals surface area contributed by atoms with Crippen molar-refractivity contribution in [2.75, 3.05) is 57.0 Å². The molecule has 9 nitrogen and oxygen atoms in total. The fraction of sp³-hybridized carbons (Fsp3) is 0.240. The van der Waals surface area contributed by atoms with Crippen molar-refractivity contribution in [3.8, 4) is 5.75 Å². The van der Waals surface area contributed by atoms with Gasteiger partial charge in [0.2, 0.25) is 5.95 Å². The van der Waals surface area contributed by atoms with Gasteiger partial charge < -0.3 is 30.2 Å². The van der Waals surface area contributed by atoms with E-state index in [1.54, 1.807) is 31.5 Å². The van der Waals surface area contributed by atoms with Crippen LogP contribution in [0.3, 0.4) is 0 Å². The summed E-state index contributed by atoms with van der Waals surface area (Å²) in [6.45, 7) is 7.69. The lowest BCUT2D eigenvalue weighted by Crippen LogP contribution is -2.23. The maximum atomic E-state index is 12.7. The molecule has 36 heavy (non-hydrogen) atoms. The first kappa shape index (κ1) is 27.2. The SMILES string of the molecule is C=C(CN(C)C)C(=O)Nc1ccc(OC)c(Nc2ncc(Cl)c(Nc3ccccc3P(C)(C)=O)n2)c1. The molecule has 0 fully saturated rings. The minimum Gasteiger partial charge on any atom is -0.495 e. The summed E-state index contributed by atoms with van der Waals surface area (Å²) < 4.78 is 18.2. The summed E-state index contributed by atoms with van der Waals surface area (Å²) in [5.74, 6) is 0.834. The molecule has 1 heterocycles. The average molecular weight is 529 g/mol. The molecule has 0 saturated carbocycles. The summed E-state index contributed by atoms with van der Waals surface area (Å²) in [6, 6.07) is 12.5. The molecule has 3 N–H and O–H groups in total. The predicted octanol–water partition coefficient (Wildman–Crippen LogP) is 4.93. The molecule has 2 aromatic carbocycles. The summed E-state index contributed by atoms with van der Waals surface area (Å²) in [6.07, 6.45) is 1.46. The molecule has 3 aromatic rings. The Hall–Kier alpha value is -3.39. The van der Waals surface area contributed by atoms with E-state index >= 15 is 0 Å². The lowest BCUT2D eigenvalue weighted by molar-refractivity contribution is -0.113. The molecule has 0 radical (unpaired) electrons. The maximum Gasteiger partial charge on any atom is 0.252 e. The van der Waals surface area contributed by atoms with Crippen LogP contribution in [0, 0.1) is 0 Å². The molecule has 0 bridgehead atoms. The van der Waals surface area contributed by atoms with Crippen molar-refractivity contribution in [2.45, 2.75) is 0 Å². The van der Waals surface area contributed by atoms with E-state index in [2.05, 4.69) is 32.5 Å². The van der Waals surface area contributed by atoms with Crippen molar-refractivity contribution in [3.05, 3.63) is 65.8 Å². The largest absolute Gasteiger partial charge is 0.495 e. The molecule has 0 aliphatic heterocycles. The summed E-state index contributed by atoms with van der Waals surface area (Å²) in [5, 5.41) is 10.1. The van der Waals surface area contributed by atoms with Crippen molar-refractivity contribution in [1.29, 1.82) is 0 Å². The van der Waals surface area contributed by atoms with Gasteiger partial charge in [0, 0.05) is 23.1 Å². The van der Waals surface area contributed by atoms with E-state index in [-0.39, 0.29) is 11.9 Å². The van der Waals surface area contributed by atoms with Gasteiger partial charge in [-0.15, -0.1) is 0 Å². The van der Waals surface area contributed by atoms with Gasteiger partial charge in [0.1, 0.15) is 17.9 Å². The number of hydrogen-bond donors (Lipinski definition) is 3. The molecule has 0 spiro atoms. The first-order valence-corrected chi connectivity index (χ1v) is 14.0. The normalized spacial score (nSPS) is 11.2. The molecule has 0 unspecified atom stereocenters. The van der Waals surface area contributed by atoms with Crippen LogP contribution >= 0.6 is 18.7 Å². The Morgan fingerprint density at radius 3 is 2.53 bits per heavy atom. The molecule has 0 saturated heterocycles. The number of carbonyl (C=O) groups excluding carboxylic acids is 1. The second kappa shape index (κ2) is 11.6. The molecule has 11 heteroatoms. The number of aromatic nitrogens is 2. The molecule has 3 rings (SSSR count). The Bertz CT molecular complexity index is 1320. The lowest BCUT2D eigenvalue weighted by Gasteiger charge is -2.17. The van der Waals surface area contributed by atoms with Gasteiger partial charge in [0.25, 0.3) is 5.91 Å². The zero-order valence-electron chi connectivity index (χ0n) is 20.9. The molecule has 1 amide bonds. The van der Waals surface area contributed by atoms with Crippen LogP contribution < -0.4 is 26.0 Å². The third-order valence-electron chi connectivity index (χ3n) is 5.01. The summed E-state index contributed by atoms with van der Waals surface area (Å²) >= 11 is 6.35. The Kier molecular flexibility index (Phi) is 8.74. The topological polar surface area (TPSA) is 108 Å². The van der Waals surface area contributed by atoms with Crippen LogP contribution in [0.4, 0.5) is 28.8 Å². The van der Waals surface area contributed by atoms with Crippen molar-refractivity contribution in [2.24, 2.45) is 0 Å². The number of halogens is 1. The lowest BCUT2D eigenvalue weighted by atomic mass is 10.2. The number of para-hydroxylation sites is 1. The monoisotopic (exact) mass is 528 g/mol.